The Morgan fingerprint density at radius 3 is 2.31 bits per heavy atom. The van der Waals surface area contributed by atoms with E-state index >= 15 is 0 Å². The Morgan fingerprint density at radius 1 is 1.25 bits per heavy atom. The summed E-state index contributed by atoms with van der Waals surface area (Å²) in [6.07, 6.45) is 0. The molecule has 16 heavy (non-hydrogen) atoms. The zero-order valence-corrected chi connectivity index (χ0v) is 11.1. The molecule has 0 radical (unpaired) electrons. The maximum atomic E-state index is 11.5. The fraction of sp³-hybridized carbons (Fsp3) is 0.455. The molecular formula is C11H17NO2S2. The molecule has 0 atom stereocenters. The van der Waals surface area contributed by atoms with Gasteiger partial charge in [0.1, 0.15) is 0 Å². The van der Waals surface area contributed by atoms with Gasteiger partial charge in [0.2, 0.25) is 0 Å². The Bertz CT molecular complexity index is 424. The molecule has 0 saturated carbocycles. The van der Waals surface area contributed by atoms with E-state index < -0.39 is 9.84 Å². The smallest absolute Gasteiger partial charge is 0.153 e. The monoisotopic (exact) mass is 259 g/mol. The lowest BCUT2D eigenvalue weighted by Gasteiger charge is -2.07. The molecule has 3 nitrogen and oxygen atoms in total. The van der Waals surface area contributed by atoms with Crippen molar-refractivity contribution in [3.8, 4) is 0 Å². The van der Waals surface area contributed by atoms with Gasteiger partial charge in [-0.2, -0.15) is 0 Å². The van der Waals surface area contributed by atoms with E-state index in [2.05, 4.69) is 0 Å². The Hall–Kier alpha value is -0.680. The Balaban J connectivity index is 2.45. The fourth-order valence-electron chi connectivity index (χ4n) is 1.08. The molecule has 0 aliphatic rings. The third-order valence-corrected chi connectivity index (χ3v) is 5.72. The van der Waals surface area contributed by atoms with Crippen molar-refractivity contribution in [2.75, 3.05) is 17.2 Å². The molecule has 5 heteroatoms. The summed E-state index contributed by atoms with van der Waals surface area (Å²) in [5, 5.41) is -0.292. The first-order valence-corrected chi connectivity index (χ1v) is 7.82. The van der Waals surface area contributed by atoms with Crippen LogP contribution in [0.25, 0.3) is 0 Å². The second kappa shape index (κ2) is 5.59. The standard InChI is InChI=1S/C11H17NO2S2/c1-9(2)16(13,14)8-7-15-11-5-3-10(12)4-6-11/h3-6,9H,7-8,12H2,1-2H3. The van der Waals surface area contributed by atoms with E-state index in [0.717, 1.165) is 10.6 Å². The van der Waals surface area contributed by atoms with E-state index in [0.29, 0.717) is 5.75 Å². The topological polar surface area (TPSA) is 60.2 Å². The summed E-state index contributed by atoms with van der Waals surface area (Å²) in [6, 6.07) is 7.45. The number of benzene rings is 1. The van der Waals surface area contributed by atoms with E-state index in [1.165, 1.54) is 11.8 Å². The van der Waals surface area contributed by atoms with Crippen molar-refractivity contribution in [1.29, 1.82) is 0 Å². The quantitative estimate of drug-likeness (QED) is 0.650. The number of rotatable bonds is 5. The minimum Gasteiger partial charge on any atom is -0.399 e. The third kappa shape index (κ3) is 4.06. The maximum Gasteiger partial charge on any atom is 0.153 e. The summed E-state index contributed by atoms with van der Waals surface area (Å²) >= 11 is 1.54. The van der Waals surface area contributed by atoms with Crippen LogP contribution in [0.2, 0.25) is 0 Å². The molecule has 90 valence electrons. The van der Waals surface area contributed by atoms with Crippen molar-refractivity contribution in [3.05, 3.63) is 24.3 Å². The summed E-state index contributed by atoms with van der Waals surface area (Å²) in [4.78, 5) is 1.05. The zero-order chi connectivity index (χ0) is 12.2. The molecule has 1 rings (SSSR count). The third-order valence-electron chi connectivity index (χ3n) is 2.23. The lowest BCUT2D eigenvalue weighted by atomic mass is 10.3. The highest BCUT2D eigenvalue weighted by atomic mass is 32.2. The molecule has 0 spiro atoms. The molecule has 0 bridgehead atoms. The van der Waals surface area contributed by atoms with Crippen LogP contribution in [-0.2, 0) is 9.84 Å². The zero-order valence-electron chi connectivity index (χ0n) is 9.51. The van der Waals surface area contributed by atoms with Crippen LogP contribution in [0.1, 0.15) is 13.8 Å². The van der Waals surface area contributed by atoms with E-state index in [-0.39, 0.29) is 11.0 Å². The summed E-state index contributed by atoms with van der Waals surface area (Å²) in [7, 11) is -2.92. The van der Waals surface area contributed by atoms with Gasteiger partial charge in [0.05, 0.1) is 11.0 Å². The van der Waals surface area contributed by atoms with Gasteiger partial charge in [0, 0.05) is 16.3 Å². The second-order valence-corrected chi connectivity index (χ2v) is 7.68. The first-order chi connectivity index (χ1) is 7.42. The van der Waals surface area contributed by atoms with Crippen LogP contribution in [0, 0.1) is 0 Å². The highest BCUT2D eigenvalue weighted by molar-refractivity contribution is 8.00. The van der Waals surface area contributed by atoms with Crippen LogP contribution < -0.4 is 5.73 Å². The predicted molar refractivity (Wildman–Crippen MR) is 70.5 cm³/mol. The van der Waals surface area contributed by atoms with Crippen LogP contribution in [0.15, 0.2) is 29.2 Å². The molecule has 0 heterocycles. The molecule has 0 unspecified atom stereocenters. The molecule has 1 aromatic carbocycles. The largest absolute Gasteiger partial charge is 0.399 e. The van der Waals surface area contributed by atoms with E-state index in [9.17, 15) is 8.42 Å². The summed E-state index contributed by atoms with van der Waals surface area (Å²) in [5.41, 5.74) is 6.28. The van der Waals surface area contributed by atoms with Crippen molar-refractivity contribution in [3.63, 3.8) is 0 Å². The van der Waals surface area contributed by atoms with Gasteiger partial charge < -0.3 is 5.73 Å². The van der Waals surface area contributed by atoms with Gasteiger partial charge in [-0.05, 0) is 38.1 Å². The predicted octanol–water partition coefficient (Wildman–Crippen LogP) is 2.18. The number of nitrogens with two attached hydrogens (primary N) is 1. The normalized spacial score (nSPS) is 11.9. The van der Waals surface area contributed by atoms with E-state index in [1.54, 1.807) is 13.8 Å². The number of hydrogen-bond acceptors (Lipinski definition) is 4. The highest BCUT2D eigenvalue weighted by Crippen LogP contribution is 2.19. The molecule has 0 aliphatic carbocycles. The van der Waals surface area contributed by atoms with Crippen molar-refractivity contribution in [2.45, 2.75) is 24.0 Å². The van der Waals surface area contributed by atoms with Gasteiger partial charge in [0.15, 0.2) is 9.84 Å². The van der Waals surface area contributed by atoms with Crippen molar-refractivity contribution >= 4 is 27.3 Å². The molecule has 0 aromatic heterocycles. The van der Waals surface area contributed by atoms with Crippen LogP contribution in [0.5, 0.6) is 0 Å². The molecule has 1 aromatic rings. The van der Waals surface area contributed by atoms with Crippen molar-refractivity contribution in [2.24, 2.45) is 0 Å². The number of anilines is 1. The Labute approximate surface area is 101 Å². The van der Waals surface area contributed by atoms with Crippen LogP contribution in [-0.4, -0.2) is 25.2 Å². The first-order valence-electron chi connectivity index (χ1n) is 5.12. The van der Waals surface area contributed by atoms with Gasteiger partial charge in [-0.1, -0.05) is 0 Å². The average molecular weight is 259 g/mol. The van der Waals surface area contributed by atoms with Gasteiger partial charge in [-0.25, -0.2) is 8.42 Å². The number of thioether (sulfide) groups is 1. The fourth-order valence-corrected chi connectivity index (χ4v) is 3.37. The second-order valence-electron chi connectivity index (χ2n) is 3.83. The minimum atomic E-state index is -2.92. The van der Waals surface area contributed by atoms with E-state index in [1.807, 2.05) is 24.3 Å². The molecular weight excluding hydrogens is 242 g/mol. The molecule has 2 N–H and O–H groups in total. The molecule has 0 amide bonds. The lowest BCUT2D eigenvalue weighted by Crippen LogP contribution is -2.18. The lowest BCUT2D eigenvalue weighted by molar-refractivity contribution is 0.589. The van der Waals surface area contributed by atoms with Crippen LogP contribution >= 0.6 is 11.8 Å². The Kier molecular flexibility index (Phi) is 4.68. The van der Waals surface area contributed by atoms with Crippen LogP contribution in [0.4, 0.5) is 5.69 Å². The van der Waals surface area contributed by atoms with Gasteiger partial charge in [0.25, 0.3) is 0 Å². The van der Waals surface area contributed by atoms with Crippen molar-refractivity contribution in [1.82, 2.24) is 0 Å². The molecule has 0 saturated heterocycles. The molecule has 0 fully saturated rings. The SMILES string of the molecule is CC(C)S(=O)(=O)CCSc1ccc(N)cc1. The number of sulfone groups is 1. The number of nitrogen functional groups attached to an aromatic ring is 1. The number of hydrogen-bond donors (Lipinski definition) is 1. The van der Waals surface area contributed by atoms with Gasteiger partial charge >= 0.3 is 0 Å². The Morgan fingerprint density at radius 2 is 1.81 bits per heavy atom. The molecule has 0 aliphatic heterocycles. The minimum absolute atomic E-state index is 0.222. The highest BCUT2D eigenvalue weighted by Gasteiger charge is 2.15. The summed E-state index contributed by atoms with van der Waals surface area (Å²) < 4.78 is 23.1. The first kappa shape index (κ1) is 13.4. The maximum absolute atomic E-state index is 11.5. The van der Waals surface area contributed by atoms with Gasteiger partial charge in [-0.15, -0.1) is 11.8 Å². The average Bonchev–Trinajstić information content (AvgIpc) is 2.20. The van der Waals surface area contributed by atoms with E-state index in [4.69, 9.17) is 5.73 Å². The summed E-state index contributed by atoms with van der Waals surface area (Å²) in [5.74, 6) is 0.810. The van der Waals surface area contributed by atoms with Gasteiger partial charge in [-0.3, -0.25) is 0 Å². The van der Waals surface area contributed by atoms with Crippen molar-refractivity contribution < 1.29 is 8.42 Å². The van der Waals surface area contributed by atoms with Crippen LogP contribution in [0.3, 0.4) is 0 Å². The summed E-state index contributed by atoms with van der Waals surface area (Å²) in [6.45, 7) is 3.42.